The van der Waals surface area contributed by atoms with Crippen molar-refractivity contribution in [3.8, 4) is 5.75 Å². The maximum atomic E-state index is 6.06. The van der Waals surface area contributed by atoms with Gasteiger partial charge in [0.05, 0.1) is 19.7 Å². The zero-order chi connectivity index (χ0) is 20.4. The average Bonchev–Trinajstić information content (AvgIpc) is 3.07. The molecule has 1 aromatic carbocycles. The largest absolute Gasteiger partial charge is 0.493 e. The Hall–Kier alpha value is -1.84. The van der Waals surface area contributed by atoms with E-state index in [4.69, 9.17) is 9.73 Å². The van der Waals surface area contributed by atoms with Gasteiger partial charge in [-0.25, -0.2) is 4.99 Å². The van der Waals surface area contributed by atoms with E-state index in [1.54, 1.807) is 6.33 Å². The standard InChI is InChI=1S/C21H34N6O.HI/c1-6-22-21(24-14-20-26-25-15-27(20)5)23-13-18-10-9-17(4)12-19(18)28-11-7-8-16(2)3;/h9-10,12,15-16H,6-8,11,13-14H2,1-5H3,(H2,22,23,24);1H. The van der Waals surface area contributed by atoms with Crippen LogP contribution in [0.1, 0.15) is 50.6 Å². The van der Waals surface area contributed by atoms with Crippen LogP contribution in [-0.2, 0) is 20.1 Å². The molecule has 0 bridgehead atoms. The molecule has 8 heteroatoms. The molecule has 2 aromatic rings. The predicted molar refractivity (Wildman–Crippen MR) is 129 cm³/mol. The molecule has 0 atom stereocenters. The number of nitrogens with zero attached hydrogens (tertiary/aromatic N) is 4. The molecular weight excluding hydrogens is 479 g/mol. The van der Waals surface area contributed by atoms with Gasteiger partial charge in [-0.3, -0.25) is 0 Å². The third-order valence-electron chi connectivity index (χ3n) is 4.38. The highest BCUT2D eigenvalue weighted by Crippen LogP contribution is 2.22. The number of nitrogens with one attached hydrogen (secondary N) is 2. The highest BCUT2D eigenvalue weighted by Gasteiger charge is 2.07. The number of hydrogen-bond donors (Lipinski definition) is 2. The molecule has 0 saturated heterocycles. The lowest BCUT2D eigenvalue weighted by molar-refractivity contribution is 0.295. The van der Waals surface area contributed by atoms with Crippen LogP contribution in [0.25, 0.3) is 0 Å². The second-order valence-electron chi connectivity index (χ2n) is 7.40. The van der Waals surface area contributed by atoms with Crippen LogP contribution >= 0.6 is 24.0 Å². The molecule has 1 heterocycles. The van der Waals surface area contributed by atoms with Crippen LogP contribution < -0.4 is 15.4 Å². The van der Waals surface area contributed by atoms with E-state index in [2.05, 4.69) is 66.7 Å². The lowest BCUT2D eigenvalue weighted by Gasteiger charge is -2.14. The summed E-state index contributed by atoms with van der Waals surface area (Å²) in [6.45, 7) is 11.3. The van der Waals surface area contributed by atoms with Gasteiger partial charge in [-0.1, -0.05) is 26.0 Å². The van der Waals surface area contributed by atoms with Gasteiger partial charge in [-0.05, 0) is 44.2 Å². The molecule has 7 nitrogen and oxygen atoms in total. The SMILES string of the molecule is CCNC(=NCc1ccc(C)cc1OCCCC(C)C)NCc1nncn1C.I. The summed E-state index contributed by atoms with van der Waals surface area (Å²) in [6, 6.07) is 6.30. The van der Waals surface area contributed by atoms with Gasteiger partial charge >= 0.3 is 0 Å². The Kier molecular flexibility index (Phi) is 11.6. The Morgan fingerprint density at radius 2 is 2.07 bits per heavy atom. The van der Waals surface area contributed by atoms with Crippen LogP contribution in [0, 0.1) is 12.8 Å². The molecule has 2 rings (SSSR count). The number of aliphatic imine (C=N–C) groups is 1. The summed E-state index contributed by atoms with van der Waals surface area (Å²) in [6.07, 6.45) is 3.93. The van der Waals surface area contributed by atoms with Crippen molar-refractivity contribution >= 4 is 29.9 Å². The van der Waals surface area contributed by atoms with E-state index in [0.29, 0.717) is 19.0 Å². The first kappa shape index (κ1) is 25.2. The number of aryl methyl sites for hydroxylation is 2. The molecule has 0 spiro atoms. The van der Waals surface area contributed by atoms with Gasteiger partial charge in [0.1, 0.15) is 12.1 Å². The van der Waals surface area contributed by atoms with Crippen LogP contribution in [0.3, 0.4) is 0 Å². The van der Waals surface area contributed by atoms with Gasteiger partial charge < -0.3 is 19.9 Å². The quantitative estimate of drug-likeness (QED) is 0.218. The van der Waals surface area contributed by atoms with E-state index in [-0.39, 0.29) is 24.0 Å². The number of aromatic nitrogens is 3. The fourth-order valence-electron chi connectivity index (χ4n) is 2.74. The summed E-state index contributed by atoms with van der Waals surface area (Å²) in [5, 5.41) is 14.6. The van der Waals surface area contributed by atoms with Crippen molar-refractivity contribution in [2.24, 2.45) is 18.0 Å². The maximum Gasteiger partial charge on any atom is 0.191 e. The summed E-state index contributed by atoms with van der Waals surface area (Å²) in [5.74, 6) is 3.23. The van der Waals surface area contributed by atoms with E-state index >= 15 is 0 Å². The number of guanidine groups is 1. The molecule has 0 unspecified atom stereocenters. The summed E-state index contributed by atoms with van der Waals surface area (Å²) >= 11 is 0. The molecular formula is C21H35IN6O. The van der Waals surface area contributed by atoms with Crippen molar-refractivity contribution in [1.82, 2.24) is 25.4 Å². The van der Waals surface area contributed by atoms with Gasteiger partial charge in [0.25, 0.3) is 0 Å². The fourth-order valence-corrected chi connectivity index (χ4v) is 2.74. The molecule has 0 fully saturated rings. The van der Waals surface area contributed by atoms with Crippen molar-refractivity contribution in [3.05, 3.63) is 41.5 Å². The van der Waals surface area contributed by atoms with E-state index in [9.17, 15) is 0 Å². The van der Waals surface area contributed by atoms with E-state index in [0.717, 1.165) is 42.7 Å². The summed E-state index contributed by atoms with van der Waals surface area (Å²) in [7, 11) is 1.93. The van der Waals surface area contributed by atoms with Crippen molar-refractivity contribution in [3.63, 3.8) is 0 Å². The maximum absolute atomic E-state index is 6.06. The number of hydrogen-bond acceptors (Lipinski definition) is 4. The van der Waals surface area contributed by atoms with Crippen molar-refractivity contribution in [1.29, 1.82) is 0 Å². The smallest absolute Gasteiger partial charge is 0.191 e. The van der Waals surface area contributed by atoms with Crippen molar-refractivity contribution < 1.29 is 4.74 Å². The number of rotatable bonds is 10. The van der Waals surface area contributed by atoms with Crippen LogP contribution in [0.4, 0.5) is 0 Å². The van der Waals surface area contributed by atoms with Gasteiger partial charge in [0.2, 0.25) is 0 Å². The fraction of sp³-hybridized carbons (Fsp3) is 0.571. The monoisotopic (exact) mass is 514 g/mol. The number of ether oxygens (including phenoxy) is 1. The normalized spacial score (nSPS) is 11.3. The summed E-state index contributed by atoms with van der Waals surface area (Å²) < 4.78 is 7.95. The summed E-state index contributed by atoms with van der Waals surface area (Å²) in [4.78, 5) is 4.72. The lowest BCUT2D eigenvalue weighted by Crippen LogP contribution is -2.37. The Morgan fingerprint density at radius 1 is 1.28 bits per heavy atom. The average molecular weight is 514 g/mol. The lowest BCUT2D eigenvalue weighted by atomic mass is 10.1. The minimum atomic E-state index is 0. The van der Waals surface area contributed by atoms with Crippen molar-refractivity contribution in [2.45, 2.75) is 53.6 Å². The molecule has 0 aliphatic carbocycles. The second kappa shape index (κ2) is 13.4. The first-order valence-corrected chi connectivity index (χ1v) is 10.1. The molecule has 0 amide bonds. The zero-order valence-corrected chi connectivity index (χ0v) is 20.6. The molecule has 1 aromatic heterocycles. The Labute approximate surface area is 191 Å². The number of halogens is 1. The Morgan fingerprint density at radius 3 is 2.72 bits per heavy atom. The van der Waals surface area contributed by atoms with Crippen LogP contribution in [0.5, 0.6) is 5.75 Å². The van der Waals surface area contributed by atoms with Crippen LogP contribution in [0.15, 0.2) is 29.5 Å². The molecule has 0 radical (unpaired) electrons. The third kappa shape index (κ3) is 9.01. The second-order valence-corrected chi connectivity index (χ2v) is 7.40. The zero-order valence-electron chi connectivity index (χ0n) is 18.2. The summed E-state index contributed by atoms with van der Waals surface area (Å²) in [5.41, 5.74) is 2.28. The number of benzene rings is 1. The van der Waals surface area contributed by atoms with Crippen LogP contribution in [-0.4, -0.2) is 33.9 Å². The van der Waals surface area contributed by atoms with Gasteiger partial charge in [-0.2, -0.15) is 0 Å². The first-order chi connectivity index (χ1) is 13.5. The van der Waals surface area contributed by atoms with Gasteiger partial charge in [0.15, 0.2) is 11.8 Å². The third-order valence-corrected chi connectivity index (χ3v) is 4.38. The van der Waals surface area contributed by atoms with E-state index in [1.165, 1.54) is 12.0 Å². The topological polar surface area (TPSA) is 76.4 Å². The van der Waals surface area contributed by atoms with Crippen molar-refractivity contribution in [2.75, 3.05) is 13.2 Å². The minimum absolute atomic E-state index is 0. The molecule has 0 aliphatic rings. The Balaban J connectivity index is 0.00000420. The molecule has 29 heavy (non-hydrogen) atoms. The molecule has 0 aliphatic heterocycles. The van der Waals surface area contributed by atoms with E-state index in [1.807, 2.05) is 11.6 Å². The van der Waals surface area contributed by atoms with Gasteiger partial charge in [0, 0.05) is 19.2 Å². The van der Waals surface area contributed by atoms with Gasteiger partial charge in [-0.15, -0.1) is 34.2 Å². The highest BCUT2D eigenvalue weighted by atomic mass is 127. The molecule has 162 valence electrons. The predicted octanol–water partition coefficient (Wildman–Crippen LogP) is 3.81. The minimum Gasteiger partial charge on any atom is -0.493 e. The van der Waals surface area contributed by atoms with E-state index < -0.39 is 0 Å². The molecule has 2 N–H and O–H groups in total. The van der Waals surface area contributed by atoms with Crippen LogP contribution in [0.2, 0.25) is 0 Å². The molecule has 0 saturated carbocycles. The highest BCUT2D eigenvalue weighted by molar-refractivity contribution is 14.0. The first-order valence-electron chi connectivity index (χ1n) is 10.1. The Bertz CT molecular complexity index is 759.